The number of Topliss-reactive ketones (excluding diaryl/α,β-unsaturated/α-hetero) is 1. The van der Waals surface area contributed by atoms with E-state index in [1.54, 1.807) is 42.5 Å². The zero-order chi connectivity index (χ0) is 21.3. The minimum absolute atomic E-state index is 0.0724. The highest BCUT2D eigenvalue weighted by molar-refractivity contribution is 6.09. The van der Waals surface area contributed by atoms with Gasteiger partial charge in [0.25, 0.3) is 0 Å². The van der Waals surface area contributed by atoms with Crippen molar-refractivity contribution in [2.24, 2.45) is 0 Å². The van der Waals surface area contributed by atoms with Crippen LogP contribution in [0.15, 0.2) is 79.1 Å². The van der Waals surface area contributed by atoms with Crippen LogP contribution in [0.4, 0.5) is 0 Å². The number of nitrogens with one attached hydrogen (secondary N) is 1. The van der Waals surface area contributed by atoms with Crippen molar-refractivity contribution in [3.05, 3.63) is 113 Å². The average Bonchev–Trinajstić information content (AvgIpc) is 2.80. The first-order valence-electron chi connectivity index (χ1n) is 9.55. The molecule has 0 saturated carbocycles. The fourth-order valence-corrected chi connectivity index (χ4v) is 3.13. The van der Waals surface area contributed by atoms with E-state index in [9.17, 15) is 4.79 Å². The molecule has 3 rings (SSSR count). The summed E-state index contributed by atoms with van der Waals surface area (Å²) in [5, 5.41) is 16.7. The predicted molar refractivity (Wildman–Crippen MR) is 117 cm³/mol. The molecule has 5 heteroatoms. The Morgan fingerprint density at radius 1 is 1.03 bits per heavy atom. The lowest BCUT2D eigenvalue weighted by Crippen LogP contribution is -2.34. The van der Waals surface area contributed by atoms with Crippen LogP contribution in [-0.2, 0) is 6.54 Å². The first kappa shape index (κ1) is 20.8. The third-order valence-electron chi connectivity index (χ3n) is 4.77. The molecule has 2 aromatic carbocycles. The van der Waals surface area contributed by atoms with E-state index >= 15 is 0 Å². The molecular weight excluding hydrogens is 374 g/mol. The van der Waals surface area contributed by atoms with E-state index in [0.29, 0.717) is 17.8 Å². The molecule has 0 aliphatic heterocycles. The smallest absolute Gasteiger partial charge is 0.194 e. The lowest BCUT2D eigenvalue weighted by molar-refractivity contribution is -0.698. The highest BCUT2D eigenvalue weighted by Crippen LogP contribution is 2.24. The van der Waals surface area contributed by atoms with Crippen LogP contribution in [0.5, 0.6) is 0 Å². The van der Waals surface area contributed by atoms with Gasteiger partial charge in [0.1, 0.15) is 6.61 Å². The molecule has 0 amide bonds. The summed E-state index contributed by atoms with van der Waals surface area (Å²) in [7, 11) is 0. The number of ketones is 1. The van der Waals surface area contributed by atoms with E-state index in [1.165, 1.54) is 0 Å². The Morgan fingerprint density at radius 2 is 1.70 bits per heavy atom. The molecule has 2 N–H and O–H groups in total. The standard InChI is InChI=1S/C25H22N3O2/c1-27-24(17-19-11-13-28(14-12-19)15-16-29)21-9-7-20(8-10-21)23(18-26)25(30)22-5-3-2-4-6-22/h2-14,17-18,23,26,29H,15-16H2/q+1/b24-17-,26-18?. The summed E-state index contributed by atoms with van der Waals surface area (Å²) < 4.78 is 1.87. The zero-order valence-corrected chi connectivity index (χ0v) is 16.4. The van der Waals surface area contributed by atoms with Crippen molar-refractivity contribution >= 4 is 23.8 Å². The third-order valence-corrected chi connectivity index (χ3v) is 4.77. The summed E-state index contributed by atoms with van der Waals surface area (Å²) in [6.45, 7) is 8.14. The monoisotopic (exact) mass is 396 g/mol. The molecule has 0 fully saturated rings. The van der Waals surface area contributed by atoms with Crippen LogP contribution in [0, 0.1) is 12.0 Å². The van der Waals surface area contributed by atoms with Crippen molar-refractivity contribution in [2.75, 3.05) is 6.61 Å². The number of aliphatic hydroxyl groups is 1. The number of carbonyl (C=O) groups is 1. The third kappa shape index (κ3) is 4.93. The van der Waals surface area contributed by atoms with Crippen molar-refractivity contribution in [1.29, 1.82) is 5.41 Å². The summed E-state index contributed by atoms with van der Waals surface area (Å²) >= 11 is 0. The number of pyridine rings is 1. The van der Waals surface area contributed by atoms with Gasteiger partial charge in [0, 0.05) is 23.9 Å². The van der Waals surface area contributed by atoms with Crippen LogP contribution < -0.4 is 4.57 Å². The molecule has 0 saturated heterocycles. The molecule has 0 spiro atoms. The normalized spacial score (nSPS) is 12.1. The van der Waals surface area contributed by atoms with E-state index in [0.717, 1.165) is 22.9 Å². The lowest BCUT2D eigenvalue weighted by atomic mass is 9.91. The van der Waals surface area contributed by atoms with E-state index in [4.69, 9.17) is 17.1 Å². The maximum Gasteiger partial charge on any atom is 0.194 e. The summed E-state index contributed by atoms with van der Waals surface area (Å²) in [6.07, 6.45) is 6.67. The highest BCUT2D eigenvalue weighted by atomic mass is 16.3. The van der Waals surface area contributed by atoms with Crippen molar-refractivity contribution < 1.29 is 14.5 Å². The van der Waals surface area contributed by atoms with Gasteiger partial charge >= 0.3 is 0 Å². The maximum atomic E-state index is 12.7. The van der Waals surface area contributed by atoms with Crippen LogP contribution in [0.3, 0.4) is 0 Å². The minimum atomic E-state index is -0.655. The summed E-state index contributed by atoms with van der Waals surface area (Å²) in [4.78, 5) is 16.4. The Kier molecular flexibility index (Phi) is 6.99. The van der Waals surface area contributed by atoms with E-state index in [-0.39, 0.29) is 12.4 Å². The average molecular weight is 396 g/mol. The quantitative estimate of drug-likeness (QED) is 0.262. The number of aromatic nitrogens is 1. The van der Waals surface area contributed by atoms with Gasteiger partial charge in [0.15, 0.2) is 30.4 Å². The van der Waals surface area contributed by atoms with Crippen molar-refractivity contribution in [3.63, 3.8) is 0 Å². The van der Waals surface area contributed by atoms with Crippen LogP contribution in [0.1, 0.15) is 33.0 Å². The first-order valence-corrected chi connectivity index (χ1v) is 9.55. The Morgan fingerprint density at radius 3 is 2.27 bits per heavy atom. The fraction of sp³-hybridized carbons (Fsp3) is 0.120. The Hall–Kier alpha value is -3.88. The first-order chi connectivity index (χ1) is 14.7. The van der Waals surface area contributed by atoms with Gasteiger partial charge in [-0.2, -0.15) is 0 Å². The van der Waals surface area contributed by atoms with Crippen molar-refractivity contribution in [2.45, 2.75) is 12.5 Å². The zero-order valence-electron chi connectivity index (χ0n) is 16.4. The molecule has 5 nitrogen and oxygen atoms in total. The number of benzene rings is 2. The number of rotatable bonds is 8. The molecule has 1 atom stereocenters. The lowest BCUT2D eigenvalue weighted by Gasteiger charge is -2.12. The molecule has 1 unspecified atom stereocenters. The molecule has 1 heterocycles. The Balaban J connectivity index is 1.83. The van der Waals surface area contributed by atoms with Crippen molar-refractivity contribution in [3.8, 4) is 0 Å². The van der Waals surface area contributed by atoms with Gasteiger partial charge in [0.2, 0.25) is 0 Å². The Bertz CT molecular complexity index is 1080. The number of carbonyl (C=O) groups excluding carboxylic acids is 1. The number of hydrogen-bond donors (Lipinski definition) is 2. The molecule has 1 aromatic heterocycles. The van der Waals surface area contributed by atoms with Gasteiger partial charge in [-0.1, -0.05) is 54.6 Å². The van der Waals surface area contributed by atoms with Gasteiger partial charge in [0.05, 0.1) is 12.5 Å². The number of aliphatic hydroxyl groups excluding tert-OH is 1. The molecule has 0 aliphatic rings. The minimum Gasteiger partial charge on any atom is -0.390 e. The molecular formula is C25H22N3O2+. The van der Waals surface area contributed by atoms with Gasteiger partial charge in [-0.15, -0.1) is 0 Å². The van der Waals surface area contributed by atoms with Gasteiger partial charge < -0.3 is 10.5 Å². The summed E-state index contributed by atoms with van der Waals surface area (Å²) in [6, 6.07) is 19.9. The van der Waals surface area contributed by atoms with E-state index < -0.39 is 5.92 Å². The fourth-order valence-electron chi connectivity index (χ4n) is 3.13. The molecule has 148 valence electrons. The number of hydrogen-bond acceptors (Lipinski definition) is 3. The molecule has 30 heavy (non-hydrogen) atoms. The van der Waals surface area contributed by atoms with Gasteiger partial charge in [-0.25, -0.2) is 9.41 Å². The van der Waals surface area contributed by atoms with Crippen LogP contribution in [0.25, 0.3) is 16.6 Å². The number of nitrogens with zero attached hydrogens (tertiary/aromatic N) is 2. The molecule has 0 bridgehead atoms. The topological polar surface area (TPSA) is 69.4 Å². The Labute approximate surface area is 175 Å². The maximum absolute atomic E-state index is 12.7. The second kappa shape index (κ2) is 10.1. The van der Waals surface area contributed by atoms with Crippen LogP contribution >= 0.6 is 0 Å². The summed E-state index contributed by atoms with van der Waals surface area (Å²) in [5.41, 5.74) is 3.41. The largest absolute Gasteiger partial charge is 0.390 e. The van der Waals surface area contributed by atoms with E-state index in [2.05, 4.69) is 4.85 Å². The van der Waals surface area contributed by atoms with Crippen LogP contribution in [0.2, 0.25) is 0 Å². The predicted octanol–water partition coefficient (Wildman–Crippen LogP) is 4.00. The van der Waals surface area contributed by atoms with Gasteiger partial charge in [-0.05, 0) is 22.8 Å². The molecule has 0 aliphatic carbocycles. The van der Waals surface area contributed by atoms with E-state index in [1.807, 2.05) is 47.3 Å². The molecule has 3 aromatic rings. The SMILES string of the molecule is [C-]#[N+]/C(=C\c1cc[n+](CCO)cc1)c1ccc(C(C=N)C(=O)c2ccccc2)cc1. The summed E-state index contributed by atoms with van der Waals surface area (Å²) in [5.74, 6) is -0.780. The molecule has 0 radical (unpaired) electrons. The second-order valence-corrected chi connectivity index (χ2v) is 6.73. The highest BCUT2D eigenvalue weighted by Gasteiger charge is 2.19. The van der Waals surface area contributed by atoms with Crippen molar-refractivity contribution in [1.82, 2.24) is 0 Å². The second-order valence-electron chi connectivity index (χ2n) is 6.73. The van der Waals surface area contributed by atoms with Crippen LogP contribution in [-0.4, -0.2) is 23.7 Å². The van der Waals surface area contributed by atoms with Gasteiger partial charge in [-0.3, -0.25) is 4.79 Å².